The Hall–Kier alpha value is 0.972. The maximum atomic E-state index is 3.77. The second-order valence-electron chi connectivity index (χ2n) is 3.89. The normalized spacial score (nSPS) is 27.7. The van der Waals surface area contributed by atoms with Crippen molar-refractivity contribution >= 4 is 0 Å². The van der Waals surface area contributed by atoms with Crippen LogP contribution in [0.25, 0.3) is 0 Å². The van der Waals surface area contributed by atoms with Crippen molar-refractivity contribution in [3.05, 3.63) is 13.8 Å². The molecule has 1 aliphatic heterocycles. The van der Waals surface area contributed by atoms with Crippen molar-refractivity contribution < 1.29 is 31.1 Å². The van der Waals surface area contributed by atoms with E-state index in [1.807, 2.05) is 0 Å². The Morgan fingerprint density at radius 2 is 2.23 bits per heavy atom. The molecule has 0 saturated carbocycles. The van der Waals surface area contributed by atoms with Gasteiger partial charge in [0.25, 0.3) is 0 Å². The van der Waals surface area contributed by atoms with Gasteiger partial charge < -0.3 is 24.5 Å². The molecule has 0 radical (unpaired) electrons. The van der Waals surface area contributed by atoms with Crippen molar-refractivity contribution in [2.45, 2.75) is 31.8 Å². The third kappa shape index (κ3) is 6.12. The van der Waals surface area contributed by atoms with Crippen LogP contribution in [0.4, 0.5) is 0 Å². The predicted octanol–water partition coefficient (Wildman–Crippen LogP) is 1.00. The zero-order valence-corrected chi connectivity index (χ0v) is 12.6. The minimum atomic E-state index is 0. The average molecular weight is 406 g/mol. The molecular weight excluding hydrogens is 386 g/mol. The quantitative estimate of drug-likeness (QED) is 0.681. The summed E-state index contributed by atoms with van der Waals surface area (Å²) in [6.45, 7) is 12.1. The molecular formula is C10H20N2U. The summed E-state index contributed by atoms with van der Waals surface area (Å²) in [5.74, 6) is 0.852. The van der Waals surface area contributed by atoms with Gasteiger partial charge in [-0.05, 0) is 31.8 Å². The van der Waals surface area contributed by atoms with E-state index in [1.165, 1.54) is 19.4 Å². The summed E-state index contributed by atoms with van der Waals surface area (Å²) >= 11 is 0. The Balaban J connectivity index is 0.00000144. The van der Waals surface area contributed by atoms with Crippen LogP contribution in [0.2, 0.25) is 0 Å². The first-order valence-electron chi connectivity index (χ1n) is 4.81. The van der Waals surface area contributed by atoms with Gasteiger partial charge >= 0.3 is 31.1 Å². The molecule has 1 saturated heterocycles. The molecule has 0 aromatic rings. The molecule has 13 heavy (non-hydrogen) atoms. The molecule has 0 amide bonds. The van der Waals surface area contributed by atoms with Gasteiger partial charge in [0, 0.05) is 6.04 Å². The van der Waals surface area contributed by atoms with Gasteiger partial charge in [-0.1, -0.05) is 6.92 Å². The maximum absolute atomic E-state index is 3.77. The van der Waals surface area contributed by atoms with E-state index in [2.05, 4.69) is 31.4 Å². The Kier molecular flexibility index (Phi) is 7.83. The molecule has 1 fully saturated rings. The summed E-state index contributed by atoms with van der Waals surface area (Å²) in [5, 5.41) is 6.72. The second-order valence-corrected chi connectivity index (χ2v) is 3.89. The van der Waals surface area contributed by atoms with Gasteiger partial charge in [-0.2, -0.15) is 0 Å². The van der Waals surface area contributed by atoms with Gasteiger partial charge in [0.1, 0.15) is 0 Å². The van der Waals surface area contributed by atoms with Crippen LogP contribution in [0.3, 0.4) is 0 Å². The van der Waals surface area contributed by atoms with E-state index in [9.17, 15) is 0 Å². The fraction of sp³-hybridized carbons (Fsp3) is 0.800. The van der Waals surface area contributed by atoms with Crippen molar-refractivity contribution in [1.82, 2.24) is 10.6 Å². The third-order valence-corrected chi connectivity index (χ3v) is 2.37. The van der Waals surface area contributed by atoms with Gasteiger partial charge in [0.15, 0.2) is 0 Å². The summed E-state index contributed by atoms with van der Waals surface area (Å²) in [5.41, 5.74) is 0. The second kappa shape index (κ2) is 7.29. The van der Waals surface area contributed by atoms with Crippen LogP contribution in [0.15, 0.2) is 0 Å². The van der Waals surface area contributed by atoms with Crippen LogP contribution < -0.4 is 10.6 Å². The summed E-state index contributed by atoms with van der Waals surface area (Å²) < 4.78 is 0. The van der Waals surface area contributed by atoms with E-state index < -0.39 is 0 Å². The Morgan fingerprint density at radius 3 is 2.69 bits per heavy atom. The molecule has 2 nitrogen and oxygen atoms in total. The zero-order valence-electron chi connectivity index (χ0n) is 8.47. The number of hydrogen-bond donors (Lipinski definition) is 2. The molecule has 1 aliphatic rings. The van der Waals surface area contributed by atoms with Gasteiger partial charge in [-0.3, -0.25) is 6.04 Å². The van der Waals surface area contributed by atoms with E-state index >= 15 is 0 Å². The Labute approximate surface area is 106 Å². The molecule has 0 aliphatic carbocycles. The molecule has 1 rings (SSSR count). The molecule has 2 atom stereocenters. The Morgan fingerprint density at radius 1 is 1.54 bits per heavy atom. The number of nitrogens with one attached hydrogen (secondary N) is 2. The van der Waals surface area contributed by atoms with E-state index in [-0.39, 0.29) is 37.2 Å². The smallest absolute Gasteiger partial charge is 0.372 e. The van der Waals surface area contributed by atoms with Crippen molar-refractivity contribution in [2.24, 2.45) is 5.92 Å². The van der Waals surface area contributed by atoms with Crippen molar-refractivity contribution in [2.75, 3.05) is 13.1 Å². The van der Waals surface area contributed by atoms with Crippen molar-refractivity contribution in [1.29, 1.82) is 0 Å². The van der Waals surface area contributed by atoms with Crippen LogP contribution in [0.5, 0.6) is 0 Å². The van der Waals surface area contributed by atoms with E-state index in [4.69, 9.17) is 0 Å². The van der Waals surface area contributed by atoms with Crippen LogP contribution in [0.1, 0.15) is 19.8 Å². The molecule has 0 aromatic heterocycles. The van der Waals surface area contributed by atoms with E-state index in [0.717, 1.165) is 12.5 Å². The van der Waals surface area contributed by atoms with E-state index in [0.29, 0.717) is 6.04 Å². The summed E-state index contributed by atoms with van der Waals surface area (Å²) in [6.07, 6.45) is 2.52. The van der Waals surface area contributed by atoms with E-state index in [1.54, 1.807) is 0 Å². The van der Waals surface area contributed by atoms with Gasteiger partial charge in [-0.25, -0.2) is 0 Å². The Bertz CT molecular complexity index is 128. The van der Waals surface area contributed by atoms with Crippen molar-refractivity contribution in [3.8, 4) is 0 Å². The van der Waals surface area contributed by atoms with Gasteiger partial charge in [-0.15, -0.1) is 0 Å². The molecule has 74 valence electrons. The molecule has 2 unspecified atom stereocenters. The maximum Gasteiger partial charge on any atom is 2.00 e. The monoisotopic (exact) mass is 406 g/mol. The van der Waals surface area contributed by atoms with Crippen LogP contribution in [0, 0.1) is 50.9 Å². The first-order chi connectivity index (χ1) is 5.68. The van der Waals surface area contributed by atoms with Gasteiger partial charge in [0.05, 0.1) is 0 Å². The van der Waals surface area contributed by atoms with Crippen LogP contribution in [-0.2, 0) is 0 Å². The summed E-state index contributed by atoms with van der Waals surface area (Å²) in [6, 6.07) is 0.843. The SMILES string of the molecule is [CH2-]C([CH2-])NCCC1CC(C)CN1.[U+2]. The first kappa shape index (κ1) is 14.0. The molecule has 0 bridgehead atoms. The zero-order chi connectivity index (χ0) is 8.97. The predicted molar refractivity (Wildman–Crippen MR) is 52.7 cm³/mol. The first-order valence-corrected chi connectivity index (χ1v) is 4.81. The summed E-state index contributed by atoms with van der Waals surface area (Å²) in [4.78, 5) is 0. The molecule has 3 heteroatoms. The standard InChI is InChI=1S/C10H20N2.U/c1-8(2)11-5-4-10-6-9(3)7-12-10;/h8-12H,1-2,4-7H2,3H3;/q-2;+2. The van der Waals surface area contributed by atoms with Crippen LogP contribution in [-0.4, -0.2) is 25.2 Å². The minimum Gasteiger partial charge on any atom is -0.372 e. The molecule has 0 spiro atoms. The topological polar surface area (TPSA) is 24.1 Å². The van der Waals surface area contributed by atoms with Crippen molar-refractivity contribution in [3.63, 3.8) is 0 Å². The third-order valence-electron chi connectivity index (χ3n) is 2.37. The molecule has 2 N–H and O–H groups in total. The number of hydrogen-bond acceptors (Lipinski definition) is 2. The van der Waals surface area contributed by atoms with Gasteiger partial charge in [0.2, 0.25) is 0 Å². The average Bonchev–Trinajstić information content (AvgIpc) is 2.35. The molecule has 0 aromatic carbocycles. The largest absolute Gasteiger partial charge is 2.00 e. The summed E-state index contributed by atoms with van der Waals surface area (Å²) in [7, 11) is 0. The van der Waals surface area contributed by atoms with Crippen LogP contribution >= 0.6 is 0 Å². The fourth-order valence-corrected chi connectivity index (χ4v) is 1.70. The fourth-order valence-electron chi connectivity index (χ4n) is 1.70. The minimum absolute atomic E-state index is 0. The molecule has 1 heterocycles. The number of rotatable bonds is 4.